The van der Waals surface area contributed by atoms with E-state index in [0.717, 1.165) is 16.2 Å². The van der Waals surface area contributed by atoms with Crippen molar-refractivity contribution in [2.75, 3.05) is 24.9 Å². The topological polar surface area (TPSA) is 81.4 Å². The predicted molar refractivity (Wildman–Crippen MR) is 100 cm³/mol. The van der Waals surface area contributed by atoms with Gasteiger partial charge >= 0.3 is 5.97 Å². The van der Waals surface area contributed by atoms with E-state index in [1.807, 2.05) is 23.8 Å². The average Bonchev–Trinajstić information content (AvgIpc) is 3.12. The second-order valence-corrected chi connectivity index (χ2v) is 7.05. The van der Waals surface area contributed by atoms with Gasteiger partial charge in [-0.15, -0.1) is 11.3 Å². The monoisotopic (exact) mass is 364 g/mol. The van der Waals surface area contributed by atoms with Gasteiger partial charge in [0.15, 0.2) is 0 Å². The molecule has 0 spiro atoms. The third-order valence-electron chi connectivity index (χ3n) is 3.48. The number of rotatable bonds is 7. The number of thioether (sulfide) groups is 1. The Balaban J connectivity index is 2.27. The van der Waals surface area contributed by atoms with E-state index in [2.05, 4.69) is 5.32 Å². The Hall–Kier alpha value is -1.99. The number of methoxy groups -OCH3 is 1. The number of thiophene rings is 1. The van der Waals surface area contributed by atoms with Crippen LogP contribution in [0.3, 0.4) is 0 Å². The second kappa shape index (κ2) is 8.75. The van der Waals surface area contributed by atoms with E-state index >= 15 is 0 Å². The average molecular weight is 364 g/mol. The van der Waals surface area contributed by atoms with Crippen molar-refractivity contribution >= 4 is 40.7 Å². The van der Waals surface area contributed by atoms with Crippen LogP contribution in [-0.2, 0) is 9.53 Å². The molecule has 24 heavy (non-hydrogen) atoms. The fourth-order valence-electron chi connectivity index (χ4n) is 2.26. The molecule has 0 saturated carbocycles. The Morgan fingerprint density at radius 1 is 1.38 bits per heavy atom. The summed E-state index contributed by atoms with van der Waals surface area (Å²) in [4.78, 5) is 25.5. The number of nitrogen functional groups attached to an aromatic ring is 1. The molecule has 1 atom stereocenters. The number of amides is 1. The van der Waals surface area contributed by atoms with Crippen LogP contribution in [0, 0.1) is 0 Å². The molecule has 2 aromatic rings. The number of hydrogen-bond acceptors (Lipinski definition) is 6. The molecule has 1 amide bonds. The van der Waals surface area contributed by atoms with E-state index < -0.39 is 12.0 Å². The van der Waals surface area contributed by atoms with Crippen molar-refractivity contribution < 1.29 is 14.3 Å². The minimum absolute atomic E-state index is 0.310. The molecule has 1 aromatic heterocycles. The zero-order chi connectivity index (χ0) is 17.5. The number of anilines is 1. The molecule has 1 heterocycles. The van der Waals surface area contributed by atoms with E-state index in [9.17, 15) is 9.59 Å². The van der Waals surface area contributed by atoms with E-state index in [0.29, 0.717) is 17.7 Å². The molecule has 0 aliphatic carbocycles. The van der Waals surface area contributed by atoms with E-state index in [1.54, 1.807) is 30.0 Å². The molecule has 0 unspecified atom stereocenters. The van der Waals surface area contributed by atoms with Gasteiger partial charge in [-0.1, -0.05) is 6.07 Å². The van der Waals surface area contributed by atoms with Crippen LogP contribution in [0.4, 0.5) is 5.69 Å². The van der Waals surface area contributed by atoms with Gasteiger partial charge in [-0.2, -0.15) is 11.8 Å². The minimum Gasteiger partial charge on any atom is -0.467 e. The Labute approximate surface area is 149 Å². The van der Waals surface area contributed by atoms with Crippen LogP contribution in [0.15, 0.2) is 35.7 Å². The first kappa shape index (κ1) is 18.4. The molecular formula is C17H20N2O3S2. The number of hydrogen-bond donors (Lipinski definition) is 2. The van der Waals surface area contributed by atoms with Crippen molar-refractivity contribution in [1.29, 1.82) is 0 Å². The number of nitrogens with one attached hydrogen (secondary N) is 1. The third kappa shape index (κ3) is 4.52. The lowest BCUT2D eigenvalue weighted by atomic mass is 10.0. The first-order chi connectivity index (χ1) is 11.6. The lowest BCUT2D eigenvalue weighted by molar-refractivity contribution is -0.142. The van der Waals surface area contributed by atoms with Gasteiger partial charge < -0.3 is 15.8 Å². The molecule has 2 rings (SSSR count). The quantitative estimate of drug-likeness (QED) is 0.583. The second-order valence-electron chi connectivity index (χ2n) is 5.11. The SMILES string of the molecule is COC(=O)[C@H](CCSC)NC(=O)c1ccc(N)cc1-c1cccs1. The van der Waals surface area contributed by atoms with Gasteiger partial charge in [0.1, 0.15) is 6.04 Å². The summed E-state index contributed by atoms with van der Waals surface area (Å²) in [7, 11) is 1.32. The third-order valence-corrected chi connectivity index (χ3v) is 5.02. The molecule has 0 aliphatic heterocycles. The zero-order valence-electron chi connectivity index (χ0n) is 13.6. The lowest BCUT2D eigenvalue weighted by Crippen LogP contribution is -2.42. The summed E-state index contributed by atoms with van der Waals surface area (Å²) in [5, 5.41) is 4.72. The molecule has 0 saturated heterocycles. The summed E-state index contributed by atoms with van der Waals surface area (Å²) in [6, 6.07) is 8.32. The fourth-order valence-corrected chi connectivity index (χ4v) is 3.49. The summed E-state index contributed by atoms with van der Waals surface area (Å²) < 4.78 is 4.79. The molecule has 3 N–H and O–H groups in total. The van der Waals surface area contributed by atoms with Crippen LogP contribution in [0.1, 0.15) is 16.8 Å². The molecule has 5 nitrogen and oxygen atoms in total. The highest BCUT2D eigenvalue weighted by molar-refractivity contribution is 7.98. The molecule has 0 fully saturated rings. The fraction of sp³-hybridized carbons (Fsp3) is 0.294. The van der Waals surface area contributed by atoms with Gasteiger partial charge in [0.25, 0.3) is 5.91 Å². The minimum atomic E-state index is -0.663. The summed E-state index contributed by atoms with van der Waals surface area (Å²) in [6.45, 7) is 0. The van der Waals surface area contributed by atoms with Crippen molar-refractivity contribution in [2.45, 2.75) is 12.5 Å². The van der Waals surface area contributed by atoms with Gasteiger partial charge in [-0.3, -0.25) is 4.79 Å². The summed E-state index contributed by atoms with van der Waals surface area (Å²) in [5.74, 6) is -0.0000398. The van der Waals surface area contributed by atoms with Crippen molar-refractivity contribution in [2.24, 2.45) is 0 Å². The highest BCUT2D eigenvalue weighted by atomic mass is 32.2. The van der Waals surface area contributed by atoms with Crippen molar-refractivity contribution in [1.82, 2.24) is 5.32 Å². The van der Waals surface area contributed by atoms with Gasteiger partial charge in [0.05, 0.1) is 7.11 Å². The van der Waals surface area contributed by atoms with Gasteiger partial charge in [0.2, 0.25) is 0 Å². The maximum atomic E-state index is 12.7. The number of ether oxygens (including phenoxy) is 1. The molecular weight excluding hydrogens is 344 g/mol. The maximum Gasteiger partial charge on any atom is 0.328 e. The molecule has 0 bridgehead atoms. The number of carbonyl (C=O) groups is 2. The predicted octanol–water partition coefficient (Wildman–Crippen LogP) is 3.02. The Morgan fingerprint density at radius 2 is 2.17 bits per heavy atom. The summed E-state index contributed by atoms with van der Waals surface area (Å²) in [6.07, 6.45) is 2.47. The normalized spacial score (nSPS) is 11.8. The maximum absolute atomic E-state index is 12.7. The van der Waals surface area contributed by atoms with Crippen LogP contribution >= 0.6 is 23.1 Å². The van der Waals surface area contributed by atoms with Gasteiger partial charge in [-0.25, -0.2) is 4.79 Å². The molecule has 0 aliphatic rings. The molecule has 7 heteroatoms. The molecule has 1 aromatic carbocycles. The van der Waals surface area contributed by atoms with Crippen LogP contribution in [0.2, 0.25) is 0 Å². The number of esters is 1. The Bertz CT molecular complexity index is 702. The summed E-state index contributed by atoms with van der Waals surface area (Å²) >= 11 is 3.14. The first-order valence-electron chi connectivity index (χ1n) is 7.38. The van der Waals surface area contributed by atoms with Crippen molar-refractivity contribution in [3.05, 3.63) is 41.3 Å². The number of nitrogens with two attached hydrogens (primary N) is 1. The molecule has 0 radical (unpaired) electrons. The molecule has 128 valence electrons. The standard InChI is InChI=1S/C17H20N2O3S2/c1-22-17(21)14(7-9-23-2)19-16(20)12-6-5-11(18)10-13(12)15-4-3-8-24-15/h3-6,8,10,14H,7,9,18H2,1-2H3,(H,19,20)/t14-/m0/s1. The number of carbonyl (C=O) groups excluding carboxylic acids is 2. The van der Waals surface area contributed by atoms with Gasteiger partial charge in [-0.05, 0) is 48.1 Å². The Kier molecular flexibility index (Phi) is 6.69. The zero-order valence-corrected chi connectivity index (χ0v) is 15.2. The van der Waals surface area contributed by atoms with Gasteiger partial charge in [0, 0.05) is 21.7 Å². The van der Waals surface area contributed by atoms with Crippen LogP contribution in [0.5, 0.6) is 0 Å². The first-order valence-corrected chi connectivity index (χ1v) is 9.65. The van der Waals surface area contributed by atoms with Crippen molar-refractivity contribution in [3.63, 3.8) is 0 Å². The number of benzene rings is 1. The highest BCUT2D eigenvalue weighted by Crippen LogP contribution is 2.30. The largest absolute Gasteiger partial charge is 0.467 e. The van der Waals surface area contributed by atoms with E-state index in [1.165, 1.54) is 18.4 Å². The van der Waals surface area contributed by atoms with Crippen LogP contribution in [-0.4, -0.2) is 37.0 Å². The smallest absolute Gasteiger partial charge is 0.328 e. The Morgan fingerprint density at radius 3 is 2.79 bits per heavy atom. The van der Waals surface area contributed by atoms with E-state index in [-0.39, 0.29) is 5.91 Å². The lowest BCUT2D eigenvalue weighted by Gasteiger charge is -2.17. The summed E-state index contributed by atoms with van der Waals surface area (Å²) in [5.41, 5.74) is 7.70. The van der Waals surface area contributed by atoms with E-state index in [4.69, 9.17) is 10.5 Å². The highest BCUT2D eigenvalue weighted by Gasteiger charge is 2.23. The van der Waals surface area contributed by atoms with Crippen LogP contribution in [0.25, 0.3) is 10.4 Å². The van der Waals surface area contributed by atoms with Crippen LogP contribution < -0.4 is 11.1 Å². The van der Waals surface area contributed by atoms with Crippen molar-refractivity contribution in [3.8, 4) is 10.4 Å².